The van der Waals surface area contributed by atoms with Crippen LogP contribution in [-0.2, 0) is 0 Å². The molecule has 0 unspecified atom stereocenters. The highest BCUT2D eigenvalue weighted by Gasteiger charge is 2.18. The number of aromatic nitrogens is 2. The van der Waals surface area contributed by atoms with E-state index >= 15 is 0 Å². The van der Waals surface area contributed by atoms with Gasteiger partial charge < -0.3 is 4.90 Å². The van der Waals surface area contributed by atoms with E-state index in [1.54, 1.807) is 24.3 Å². The van der Waals surface area contributed by atoms with Crippen molar-refractivity contribution in [2.45, 2.75) is 6.92 Å². The van der Waals surface area contributed by atoms with E-state index in [0.717, 1.165) is 29.2 Å². The van der Waals surface area contributed by atoms with Gasteiger partial charge in [0.15, 0.2) is 0 Å². The van der Waals surface area contributed by atoms with Crippen LogP contribution in [0.3, 0.4) is 0 Å². The SMILES string of the molecule is C=c1[nH]n(-c2ccc(Cl)cc2)c(=O)c1=C1C=Cc2ccccc2N1CC. The van der Waals surface area contributed by atoms with Crippen molar-refractivity contribution in [3.05, 3.63) is 86.1 Å². The normalized spacial score (nSPS) is 15.2. The van der Waals surface area contributed by atoms with Gasteiger partial charge in [-0.3, -0.25) is 9.89 Å². The number of nitrogens with zero attached hydrogens (tertiary/aromatic N) is 2. The second kappa shape index (κ2) is 6.39. The molecule has 0 saturated heterocycles. The van der Waals surface area contributed by atoms with Crippen molar-refractivity contribution < 1.29 is 0 Å². The molecule has 0 bridgehead atoms. The number of hydrogen-bond acceptors (Lipinski definition) is 2. The van der Waals surface area contributed by atoms with E-state index in [4.69, 9.17) is 11.6 Å². The predicted molar refractivity (Wildman–Crippen MR) is 108 cm³/mol. The van der Waals surface area contributed by atoms with Gasteiger partial charge >= 0.3 is 0 Å². The summed E-state index contributed by atoms with van der Waals surface area (Å²) >= 11 is 5.95. The van der Waals surface area contributed by atoms with E-state index in [1.165, 1.54) is 4.68 Å². The number of halogens is 1. The minimum absolute atomic E-state index is 0.130. The van der Waals surface area contributed by atoms with Crippen molar-refractivity contribution in [2.24, 2.45) is 0 Å². The first-order chi connectivity index (χ1) is 12.6. The molecule has 0 aliphatic carbocycles. The van der Waals surface area contributed by atoms with Gasteiger partial charge in [-0.25, -0.2) is 4.68 Å². The van der Waals surface area contributed by atoms with Crippen molar-refractivity contribution in [3.8, 4) is 5.69 Å². The summed E-state index contributed by atoms with van der Waals surface area (Å²) in [5.74, 6) is 0. The molecule has 4 nitrogen and oxygen atoms in total. The zero-order valence-corrected chi connectivity index (χ0v) is 15.1. The lowest BCUT2D eigenvalue weighted by atomic mass is 10.1. The third-order valence-electron chi connectivity index (χ3n) is 4.56. The fraction of sp³-hybridized carbons (Fsp3) is 0.0952. The minimum atomic E-state index is -0.130. The van der Waals surface area contributed by atoms with E-state index in [1.807, 2.05) is 24.3 Å². The molecular weight excluding hydrogens is 346 g/mol. The summed E-state index contributed by atoms with van der Waals surface area (Å²) in [5, 5.41) is 4.87. The molecule has 4 rings (SSSR count). The van der Waals surface area contributed by atoms with Crippen LogP contribution >= 0.6 is 11.6 Å². The van der Waals surface area contributed by atoms with Crippen LogP contribution in [0.5, 0.6) is 0 Å². The zero-order valence-electron chi connectivity index (χ0n) is 14.4. The molecule has 1 aliphatic heterocycles. The van der Waals surface area contributed by atoms with Gasteiger partial charge in [0.05, 0.1) is 22.0 Å². The molecule has 1 N–H and O–H groups in total. The standard InChI is InChI=1S/C21H18ClN3O/c1-3-24-18-7-5-4-6-15(18)8-13-19(24)20-14(2)23-25(21(20)26)17-11-9-16(22)10-12-17/h4-13,23H,2-3H2,1H3. The molecule has 0 atom stereocenters. The van der Waals surface area contributed by atoms with Gasteiger partial charge in [0, 0.05) is 17.3 Å². The molecule has 2 aromatic carbocycles. The maximum Gasteiger partial charge on any atom is 0.281 e. The molecule has 0 saturated carbocycles. The Morgan fingerprint density at radius 1 is 1.08 bits per heavy atom. The Labute approximate surface area is 155 Å². The molecule has 130 valence electrons. The Kier molecular flexibility index (Phi) is 4.05. The van der Waals surface area contributed by atoms with Crippen molar-refractivity contribution in [1.29, 1.82) is 0 Å². The summed E-state index contributed by atoms with van der Waals surface area (Å²) in [5.41, 5.74) is 3.67. The van der Waals surface area contributed by atoms with Gasteiger partial charge in [-0.05, 0) is 48.9 Å². The summed E-state index contributed by atoms with van der Waals surface area (Å²) in [7, 11) is 0. The third-order valence-corrected chi connectivity index (χ3v) is 4.81. The highest BCUT2D eigenvalue weighted by Crippen LogP contribution is 2.30. The van der Waals surface area contributed by atoms with Crippen LogP contribution in [0.15, 0.2) is 59.4 Å². The van der Waals surface area contributed by atoms with Crippen molar-refractivity contribution in [1.82, 2.24) is 9.78 Å². The fourth-order valence-electron chi connectivity index (χ4n) is 3.34. The maximum atomic E-state index is 13.1. The monoisotopic (exact) mass is 363 g/mol. The Hall–Kier alpha value is -2.98. The number of rotatable bonds is 2. The van der Waals surface area contributed by atoms with Gasteiger partial charge in [-0.15, -0.1) is 0 Å². The van der Waals surface area contributed by atoms with Crippen LogP contribution in [0.25, 0.3) is 24.0 Å². The van der Waals surface area contributed by atoms with Gasteiger partial charge in [0.1, 0.15) is 0 Å². The van der Waals surface area contributed by atoms with E-state index in [0.29, 0.717) is 15.6 Å². The lowest BCUT2D eigenvalue weighted by Gasteiger charge is -2.28. The quantitative estimate of drug-likeness (QED) is 0.760. The molecule has 0 amide bonds. The lowest BCUT2D eigenvalue weighted by Crippen LogP contribution is -2.41. The Balaban J connectivity index is 1.98. The summed E-state index contributed by atoms with van der Waals surface area (Å²) in [6, 6.07) is 15.3. The number of anilines is 1. The average molecular weight is 364 g/mol. The fourth-order valence-corrected chi connectivity index (χ4v) is 3.47. The van der Waals surface area contributed by atoms with E-state index in [-0.39, 0.29) is 5.56 Å². The number of likely N-dealkylation sites (N-methyl/N-ethyl adjacent to an activating group) is 1. The van der Waals surface area contributed by atoms with Crippen LogP contribution in [0.1, 0.15) is 12.5 Å². The smallest absolute Gasteiger partial charge is 0.281 e. The van der Waals surface area contributed by atoms with Crippen LogP contribution < -0.4 is 21.0 Å². The first kappa shape index (κ1) is 16.5. The average Bonchev–Trinajstić information content (AvgIpc) is 2.95. The van der Waals surface area contributed by atoms with Crippen LogP contribution in [0.2, 0.25) is 5.02 Å². The van der Waals surface area contributed by atoms with Crippen LogP contribution in [-0.4, -0.2) is 16.3 Å². The van der Waals surface area contributed by atoms with Crippen molar-refractivity contribution in [3.63, 3.8) is 0 Å². The number of fused-ring (bicyclic) bond motifs is 1. The Morgan fingerprint density at radius 2 is 1.81 bits per heavy atom. The minimum Gasteiger partial charge on any atom is -0.341 e. The number of benzene rings is 2. The molecule has 26 heavy (non-hydrogen) atoms. The van der Waals surface area contributed by atoms with Gasteiger partial charge in [0.2, 0.25) is 0 Å². The Bertz CT molecular complexity index is 1170. The molecule has 0 fully saturated rings. The predicted octanol–water partition coefficient (Wildman–Crippen LogP) is 2.89. The first-order valence-corrected chi connectivity index (χ1v) is 8.83. The number of aromatic amines is 1. The largest absolute Gasteiger partial charge is 0.341 e. The summed E-state index contributed by atoms with van der Waals surface area (Å²) < 4.78 is 1.50. The summed E-state index contributed by atoms with van der Waals surface area (Å²) in [4.78, 5) is 15.3. The topological polar surface area (TPSA) is 41.0 Å². The number of para-hydroxylation sites is 1. The summed E-state index contributed by atoms with van der Waals surface area (Å²) in [6.45, 7) is 6.89. The molecular formula is C21H18ClN3O. The highest BCUT2D eigenvalue weighted by atomic mass is 35.5. The van der Waals surface area contributed by atoms with Gasteiger partial charge in [0.25, 0.3) is 5.56 Å². The molecule has 2 heterocycles. The maximum absolute atomic E-state index is 13.1. The second-order valence-electron chi connectivity index (χ2n) is 6.10. The Morgan fingerprint density at radius 3 is 2.54 bits per heavy atom. The zero-order chi connectivity index (χ0) is 18.3. The number of nitrogens with one attached hydrogen (secondary N) is 1. The van der Waals surface area contributed by atoms with Crippen molar-refractivity contribution in [2.75, 3.05) is 11.4 Å². The third kappa shape index (κ3) is 2.59. The lowest BCUT2D eigenvalue weighted by molar-refractivity contribution is 0.838. The molecule has 0 spiro atoms. The van der Waals surface area contributed by atoms with Gasteiger partial charge in [-0.2, -0.15) is 0 Å². The van der Waals surface area contributed by atoms with Crippen LogP contribution in [0, 0.1) is 0 Å². The van der Waals surface area contributed by atoms with Crippen molar-refractivity contribution >= 4 is 35.6 Å². The van der Waals surface area contributed by atoms with Crippen LogP contribution in [0.4, 0.5) is 5.69 Å². The molecule has 3 aromatic rings. The molecule has 5 heteroatoms. The molecule has 1 aliphatic rings. The molecule has 0 radical (unpaired) electrons. The van der Waals surface area contributed by atoms with E-state index < -0.39 is 0 Å². The van der Waals surface area contributed by atoms with E-state index in [2.05, 4.69) is 35.6 Å². The molecule has 1 aromatic heterocycles. The second-order valence-corrected chi connectivity index (χ2v) is 6.54. The summed E-state index contributed by atoms with van der Waals surface area (Å²) in [6.07, 6.45) is 4.02. The number of hydrogen-bond donors (Lipinski definition) is 1. The van der Waals surface area contributed by atoms with Gasteiger partial charge in [-0.1, -0.05) is 42.5 Å². The first-order valence-electron chi connectivity index (χ1n) is 8.45. The number of H-pyrrole nitrogens is 1. The van der Waals surface area contributed by atoms with E-state index in [9.17, 15) is 4.79 Å². The highest BCUT2D eigenvalue weighted by molar-refractivity contribution is 6.30.